The molecule has 5 heteroatoms. The number of ether oxygens (including phenoxy) is 1. The van der Waals surface area contributed by atoms with Crippen molar-refractivity contribution in [1.82, 2.24) is 5.32 Å². The predicted molar refractivity (Wildman–Crippen MR) is 119 cm³/mol. The van der Waals surface area contributed by atoms with Crippen LogP contribution in [0, 0.1) is 6.92 Å². The summed E-state index contributed by atoms with van der Waals surface area (Å²) in [5, 5.41) is 5.42. The van der Waals surface area contributed by atoms with Gasteiger partial charge in [-0.05, 0) is 54.0 Å². The van der Waals surface area contributed by atoms with Gasteiger partial charge >= 0.3 is 0 Å². The van der Waals surface area contributed by atoms with Gasteiger partial charge in [0.25, 0.3) is 5.91 Å². The van der Waals surface area contributed by atoms with Crippen molar-refractivity contribution in [2.45, 2.75) is 13.5 Å². The van der Waals surface area contributed by atoms with Crippen LogP contribution in [0.4, 0.5) is 5.69 Å². The van der Waals surface area contributed by atoms with Gasteiger partial charge in [-0.25, -0.2) is 0 Å². The average Bonchev–Trinajstić information content (AvgIpc) is 2.78. The number of amides is 2. The molecule has 2 N–H and O–H groups in total. The quantitative estimate of drug-likeness (QED) is 0.570. The Bertz CT molecular complexity index is 1040. The maximum atomic E-state index is 12.3. The molecule has 0 atom stereocenters. The Kier molecular flexibility index (Phi) is 7.00. The third kappa shape index (κ3) is 5.58. The Balaban J connectivity index is 1.58. The van der Waals surface area contributed by atoms with E-state index >= 15 is 0 Å². The van der Waals surface area contributed by atoms with Crippen molar-refractivity contribution in [2.75, 3.05) is 12.4 Å². The molecule has 0 aliphatic carbocycles. The second-order valence-electron chi connectivity index (χ2n) is 6.72. The molecule has 2 amide bonds. The van der Waals surface area contributed by atoms with E-state index in [4.69, 9.17) is 4.74 Å². The highest BCUT2D eigenvalue weighted by molar-refractivity contribution is 6.04. The summed E-state index contributed by atoms with van der Waals surface area (Å²) in [6, 6.07) is 22.7. The predicted octanol–water partition coefficient (Wildman–Crippen LogP) is 4.59. The van der Waals surface area contributed by atoms with Crippen LogP contribution in [0.15, 0.2) is 78.9 Å². The maximum absolute atomic E-state index is 12.3. The molecule has 152 valence electrons. The summed E-state index contributed by atoms with van der Waals surface area (Å²) in [6.45, 7) is 2.31. The van der Waals surface area contributed by atoms with Gasteiger partial charge in [0.2, 0.25) is 5.91 Å². The molecule has 0 bridgehead atoms. The van der Waals surface area contributed by atoms with E-state index in [1.54, 1.807) is 38.2 Å². The van der Waals surface area contributed by atoms with Crippen LogP contribution in [0.1, 0.15) is 27.0 Å². The zero-order valence-corrected chi connectivity index (χ0v) is 17.0. The lowest BCUT2D eigenvalue weighted by atomic mass is 10.1. The molecule has 0 fully saturated rings. The first kappa shape index (κ1) is 20.9. The number of carbonyl (C=O) groups excluding carboxylic acids is 2. The summed E-state index contributed by atoms with van der Waals surface area (Å²) >= 11 is 0. The van der Waals surface area contributed by atoms with Crippen LogP contribution in [-0.2, 0) is 11.4 Å². The molecule has 5 nitrogen and oxygen atoms in total. The monoisotopic (exact) mass is 400 g/mol. The summed E-state index contributed by atoms with van der Waals surface area (Å²) in [7, 11) is 1.58. The van der Waals surface area contributed by atoms with Crippen LogP contribution in [0.3, 0.4) is 0 Å². The SMILES string of the molecule is CNC(=O)c1cccc(NC(=O)/C=C/c2ccc(OCc3ccccc3)cc2)c1C. The highest BCUT2D eigenvalue weighted by Crippen LogP contribution is 2.19. The molecule has 0 aromatic heterocycles. The smallest absolute Gasteiger partial charge is 0.251 e. The van der Waals surface area contributed by atoms with E-state index < -0.39 is 0 Å². The molecule has 0 saturated heterocycles. The number of nitrogens with one attached hydrogen (secondary N) is 2. The minimum Gasteiger partial charge on any atom is -0.489 e. The topological polar surface area (TPSA) is 67.4 Å². The van der Waals surface area contributed by atoms with Crippen molar-refractivity contribution in [2.24, 2.45) is 0 Å². The Hall–Kier alpha value is -3.86. The van der Waals surface area contributed by atoms with Gasteiger partial charge in [0, 0.05) is 24.4 Å². The summed E-state index contributed by atoms with van der Waals surface area (Å²) in [6.07, 6.45) is 3.19. The van der Waals surface area contributed by atoms with Gasteiger partial charge in [0.15, 0.2) is 0 Å². The summed E-state index contributed by atoms with van der Waals surface area (Å²) in [5.74, 6) is 0.312. The van der Waals surface area contributed by atoms with E-state index in [9.17, 15) is 9.59 Å². The standard InChI is InChI=1S/C25H24N2O3/c1-18-22(25(29)26-2)9-6-10-23(18)27-24(28)16-13-19-11-14-21(15-12-19)30-17-20-7-4-3-5-8-20/h3-16H,17H2,1-2H3,(H,26,29)(H,27,28)/b16-13+. The average molecular weight is 400 g/mol. The van der Waals surface area contributed by atoms with Crippen LogP contribution in [0.25, 0.3) is 6.08 Å². The van der Waals surface area contributed by atoms with Crippen molar-refractivity contribution < 1.29 is 14.3 Å². The van der Waals surface area contributed by atoms with Crippen molar-refractivity contribution >= 4 is 23.6 Å². The highest BCUT2D eigenvalue weighted by Gasteiger charge is 2.11. The molecule has 0 radical (unpaired) electrons. The van der Waals surface area contributed by atoms with Crippen molar-refractivity contribution in [1.29, 1.82) is 0 Å². The van der Waals surface area contributed by atoms with Gasteiger partial charge in [-0.3, -0.25) is 9.59 Å². The molecule has 0 aliphatic heterocycles. The van der Waals surface area contributed by atoms with Crippen LogP contribution >= 0.6 is 0 Å². The lowest BCUT2D eigenvalue weighted by Crippen LogP contribution is -2.20. The number of rotatable bonds is 7. The third-order valence-electron chi connectivity index (χ3n) is 4.62. The summed E-state index contributed by atoms with van der Waals surface area (Å²) < 4.78 is 5.77. The Morgan fingerprint density at radius 3 is 2.37 bits per heavy atom. The molecule has 3 aromatic rings. The molecule has 0 spiro atoms. The van der Waals surface area contributed by atoms with E-state index in [2.05, 4.69) is 10.6 Å². The highest BCUT2D eigenvalue weighted by atomic mass is 16.5. The third-order valence-corrected chi connectivity index (χ3v) is 4.62. The Morgan fingerprint density at radius 2 is 1.67 bits per heavy atom. The largest absolute Gasteiger partial charge is 0.489 e. The van der Waals surface area contributed by atoms with E-state index in [1.165, 1.54) is 6.08 Å². The number of carbonyl (C=O) groups is 2. The fourth-order valence-electron chi connectivity index (χ4n) is 2.91. The van der Waals surface area contributed by atoms with E-state index in [0.29, 0.717) is 17.9 Å². The molecule has 3 rings (SSSR count). The molecule has 0 unspecified atom stereocenters. The lowest BCUT2D eigenvalue weighted by molar-refractivity contribution is -0.111. The Labute approximate surface area is 176 Å². The van der Waals surface area contributed by atoms with E-state index in [1.807, 2.05) is 54.6 Å². The molecular formula is C25H24N2O3. The molecule has 30 heavy (non-hydrogen) atoms. The fraction of sp³-hybridized carbons (Fsp3) is 0.120. The second-order valence-corrected chi connectivity index (χ2v) is 6.72. The fourth-order valence-corrected chi connectivity index (χ4v) is 2.91. The van der Waals surface area contributed by atoms with Crippen LogP contribution in [0.5, 0.6) is 5.75 Å². The zero-order chi connectivity index (χ0) is 21.3. The normalized spacial score (nSPS) is 10.6. The molecule has 0 aliphatic rings. The van der Waals surface area contributed by atoms with E-state index in [-0.39, 0.29) is 11.8 Å². The molecule has 0 heterocycles. The van der Waals surface area contributed by atoms with Crippen LogP contribution < -0.4 is 15.4 Å². The number of anilines is 1. The minimum atomic E-state index is -0.267. The Morgan fingerprint density at radius 1 is 0.933 bits per heavy atom. The van der Waals surface area contributed by atoms with Crippen molar-refractivity contribution in [3.8, 4) is 5.75 Å². The number of hydrogen-bond acceptors (Lipinski definition) is 3. The van der Waals surface area contributed by atoms with Crippen LogP contribution in [0.2, 0.25) is 0 Å². The van der Waals surface area contributed by atoms with Gasteiger partial charge in [0.1, 0.15) is 12.4 Å². The van der Waals surface area contributed by atoms with E-state index in [0.717, 1.165) is 22.4 Å². The van der Waals surface area contributed by atoms with Crippen molar-refractivity contribution in [3.05, 3.63) is 101 Å². The van der Waals surface area contributed by atoms with Crippen LogP contribution in [-0.4, -0.2) is 18.9 Å². The summed E-state index contributed by atoms with van der Waals surface area (Å²) in [5.41, 5.74) is 3.85. The summed E-state index contributed by atoms with van der Waals surface area (Å²) in [4.78, 5) is 24.2. The number of hydrogen-bond donors (Lipinski definition) is 2. The first-order chi connectivity index (χ1) is 14.6. The maximum Gasteiger partial charge on any atom is 0.251 e. The molecule has 0 saturated carbocycles. The van der Waals surface area contributed by atoms with Gasteiger partial charge in [-0.15, -0.1) is 0 Å². The first-order valence-corrected chi connectivity index (χ1v) is 9.64. The van der Waals surface area contributed by atoms with Gasteiger partial charge in [-0.2, -0.15) is 0 Å². The van der Waals surface area contributed by atoms with Crippen molar-refractivity contribution in [3.63, 3.8) is 0 Å². The van der Waals surface area contributed by atoms with Gasteiger partial charge in [0.05, 0.1) is 0 Å². The minimum absolute atomic E-state index is 0.186. The molecular weight excluding hydrogens is 376 g/mol. The second kappa shape index (κ2) is 10.1. The lowest BCUT2D eigenvalue weighted by Gasteiger charge is -2.10. The number of benzene rings is 3. The first-order valence-electron chi connectivity index (χ1n) is 9.64. The molecule has 3 aromatic carbocycles. The zero-order valence-electron chi connectivity index (χ0n) is 17.0. The van der Waals surface area contributed by atoms with Gasteiger partial charge in [-0.1, -0.05) is 48.5 Å². The van der Waals surface area contributed by atoms with Gasteiger partial charge < -0.3 is 15.4 Å².